The zero-order valence-corrected chi connectivity index (χ0v) is 24.2. The monoisotopic (exact) mass is 554 g/mol. The summed E-state index contributed by atoms with van der Waals surface area (Å²) >= 11 is 0. The molecular formula is C33H38N4O4. The Morgan fingerprint density at radius 1 is 1.20 bits per heavy atom. The number of allylic oxidation sites excluding steroid dienone is 4. The third-order valence-corrected chi connectivity index (χ3v) is 8.79. The number of methoxy groups -OCH3 is 1. The van der Waals surface area contributed by atoms with Gasteiger partial charge in [-0.2, -0.15) is 9.78 Å². The number of hydrogen-bond acceptors (Lipinski definition) is 6. The number of carbonyl (C=O) groups is 1. The quantitative estimate of drug-likeness (QED) is 0.378. The molecule has 0 saturated carbocycles. The molecule has 1 fully saturated rings. The van der Waals surface area contributed by atoms with Gasteiger partial charge in [-0.1, -0.05) is 36.8 Å². The van der Waals surface area contributed by atoms with Gasteiger partial charge in [0.15, 0.2) is 5.82 Å². The predicted molar refractivity (Wildman–Crippen MR) is 158 cm³/mol. The van der Waals surface area contributed by atoms with E-state index in [0.29, 0.717) is 11.9 Å². The van der Waals surface area contributed by atoms with E-state index in [-0.39, 0.29) is 11.4 Å². The standard InChI is InChI=1S/C33H38N4O4/c1-4-23-15-22(16-24-13-14-36(18-29(23)24)25-19-41-20-25)11-12-26-21(2)7-5-8-27(26)30-9-6-10-31(35-30)37-32(40-3)28(17-34-37)33(38)39/h6,8-10,15-17,25H,4-5,7,11-14,18-20H2,1-3H3,(H,38,39). The van der Waals surface area contributed by atoms with Crippen molar-refractivity contribution in [3.05, 3.63) is 87.3 Å². The summed E-state index contributed by atoms with van der Waals surface area (Å²) in [5.41, 5.74) is 10.7. The summed E-state index contributed by atoms with van der Waals surface area (Å²) in [6, 6.07) is 11.3. The second-order valence-electron chi connectivity index (χ2n) is 11.2. The highest BCUT2D eigenvalue weighted by Crippen LogP contribution is 2.36. The van der Waals surface area contributed by atoms with Crippen molar-refractivity contribution in [3.8, 4) is 11.7 Å². The van der Waals surface area contributed by atoms with Gasteiger partial charge in [-0.25, -0.2) is 9.78 Å². The van der Waals surface area contributed by atoms with Gasteiger partial charge in [-0.3, -0.25) is 4.90 Å². The smallest absolute Gasteiger partial charge is 0.342 e. The molecule has 0 unspecified atom stereocenters. The molecule has 1 N–H and O–H groups in total. The molecule has 1 saturated heterocycles. The largest absolute Gasteiger partial charge is 0.480 e. The van der Waals surface area contributed by atoms with E-state index >= 15 is 0 Å². The van der Waals surface area contributed by atoms with Crippen LogP contribution in [0.3, 0.4) is 0 Å². The van der Waals surface area contributed by atoms with E-state index in [0.717, 1.165) is 76.1 Å². The van der Waals surface area contributed by atoms with Crippen molar-refractivity contribution in [2.24, 2.45) is 0 Å². The lowest BCUT2D eigenvalue weighted by Crippen LogP contribution is -2.50. The van der Waals surface area contributed by atoms with Crippen LogP contribution in [0.4, 0.5) is 0 Å². The Labute approximate surface area is 241 Å². The van der Waals surface area contributed by atoms with Crippen molar-refractivity contribution in [1.82, 2.24) is 19.7 Å². The number of aromatic nitrogens is 3. The third kappa shape index (κ3) is 5.34. The number of carboxylic acids is 1. The molecule has 8 heteroatoms. The number of benzene rings is 1. The lowest BCUT2D eigenvalue weighted by Gasteiger charge is -2.40. The van der Waals surface area contributed by atoms with E-state index in [9.17, 15) is 9.90 Å². The first-order chi connectivity index (χ1) is 20.0. The second-order valence-corrected chi connectivity index (χ2v) is 11.2. The van der Waals surface area contributed by atoms with Gasteiger partial charge in [0.2, 0.25) is 5.88 Å². The van der Waals surface area contributed by atoms with E-state index < -0.39 is 5.97 Å². The molecule has 41 heavy (non-hydrogen) atoms. The van der Waals surface area contributed by atoms with Gasteiger partial charge < -0.3 is 14.6 Å². The maximum atomic E-state index is 11.6. The average molecular weight is 555 g/mol. The Morgan fingerprint density at radius 3 is 2.78 bits per heavy atom. The van der Waals surface area contributed by atoms with Crippen molar-refractivity contribution >= 4 is 11.5 Å². The lowest BCUT2D eigenvalue weighted by atomic mass is 9.84. The molecule has 0 radical (unpaired) electrons. The van der Waals surface area contributed by atoms with Gasteiger partial charge in [-0.05, 0) is 91.0 Å². The molecule has 3 aliphatic rings. The van der Waals surface area contributed by atoms with Crippen molar-refractivity contribution in [3.63, 3.8) is 0 Å². The summed E-state index contributed by atoms with van der Waals surface area (Å²) in [4.78, 5) is 19.1. The zero-order valence-electron chi connectivity index (χ0n) is 24.2. The van der Waals surface area contributed by atoms with Crippen LogP contribution in [-0.4, -0.2) is 63.7 Å². The number of hydrogen-bond donors (Lipinski definition) is 1. The molecular weight excluding hydrogens is 516 g/mol. The second kappa shape index (κ2) is 11.6. The van der Waals surface area contributed by atoms with Crippen molar-refractivity contribution < 1.29 is 19.4 Å². The fourth-order valence-corrected chi connectivity index (χ4v) is 6.40. The maximum Gasteiger partial charge on any atom is 0.342 e. The highest BCUT2D eigenvalue weighted by molar-refractivity contribution is 5.90. The van der Waals surface area contributed by atoms with Crippen molar-refractivity contribution in [1.29, 1.82) is 0 Å². The number of aromatic carboxylic acids is 1. The van der Waals surface area contributed by atoms with E-state index in [2.05, 4.69) is 42.1 Å². The summed E-state index contributed by atoms with van der Waals surface area (Å²) in [5, 5.41) is 13.8. The Bertz CT molecular complexity index is 1510. The molecule has 0 amide bonds. The van der Waals surface area contributed by atoms with E-state index in [1.807, 2.05) is 18.2 Å². The molecule has 0 spiro atoms. The molecule has 0 atom stereocenters. The van der Waals surface area contributed by atoms with Crippen LogP contribution in [0, 0.1) is 0 Å². The van der Waals surface area contributed by atoms with Crippen LogP contribution in [0.25, 0.3) is 11.4 Å². The molecule has 0 bridgehead atoms. The van der Waals surface area contributed by atoms with Crippen molar-refractivity contribution in [2.45, 2.75) is 65.0 Å². The fraction of sp³-hybridized carbons (Fsp3) is 0.424. The molecule has 1 aliphatic carbocycles. The van der Waals surface area contributed by atoms with E-state index in [1.165, 1.54) is 51.4 Å². The minimum atomic E-state index is -1.08. The molecule has 1 aromatic carbocycles. The van der Waals surface area contributed by atoms with Gasteiger partial charge in [0.25, 0.3) is 0 Å². The number of carboxylic acid groups (broad SMARTS) is 1. The molecule has 214 valence electrons. The Kier molecular flexibility index (Phi) is 7.77. The number of fused-ring (bicyclic) bond motifs is 1. The summed E-state index contributed by atoms with van der Waals surface area (Å²) in [7, 11) is 1.45. The van der Waals surface area contributed by atoms with Crippen molar-refractivity contribution in [2.75, 3.05) is 26.9 Å². The zero-order chi connectivity index (χ0) is 28.5. The fourth-order valence-electron chi connectivity index (χ4n) is 6.40. The molecule has 2 aliphatic heterocycles. The highest BCUT2D eigenvalue weighted by Gasteiger charge is 2.30. The maximum absolute atomic E-state index is 11.6. The first-order valence-electron chi connectivity index (χ1n) is 14.6. The minimum absolute atomic E-state index is 0.00859. The summed E-state index contributed by atoms with van der Waals surface area (Å²) < 4.78 is 12.3. The third-order valence-electron chi connectivity index (χ3n) is 8.79. The van der Waals surface area contributed by atoms with Crippen LogP contribution in [0.2, 0.25) is 0 Å². The number of aryl methyl sites for hydroxylation is 2. The first kappa shape index (κ1) is 27.4. The molecule has 4 heterocycles. The Balaban J connectivity index is 1.24. The van der Waals surface area contributed by atoms with Gasteiger partial charge in [0, 0.05) is 13.1 Å². The number of nitrogens with zero attached hydrogens (tertiary/aromatic N) is 4. The van der Waals surface area contributed by atoms with E-state index in [4.69, 9.17) is 14.5 Å². The number of ether oxygens (including phenoxy) is 2. The first-order valence-corrected chi connectivity index (χ1v) is 14.6. The summed E-state index contributed by atoms with van der Waals surface area (Å²) in [5.74, 6) is -0.395. The Hall–Kier alpha value is -3.75. The lowest BCUT2D eigenvalue weighted by molar-refractivity contribution is -0.0695. The predicted octanol–water partition coefficient (Wildman–Crippen LogP) is 5.42. The SMILES string of the molecule is CCc1cc(CCC2=C(C)CCC=C2c2cccc(-n3ncc(C(=O)O)c3OC)n2)cc2c1CN(C1COC1)CC2. The van der Waals surface area contributed by atoms with Crippen LogP contribution >= 0.6 is 0 Å². The van der Waals surface area contributed by atoms with Gasteiger partial charge >= 0.3 is 5.97 Å². The molecule has 6 rings (SSSR count). The van der Waals surface area contributed by atoms with Gasteiger partial charge in [0.1, 0.15) is 5.56 Å². The number of pyridine rings is 1. The van der Waals surface area contributed by atoms with E-state index in [1.54, 1.807) is 0 Å². The average Bonchev–Trinajstić information content (AvgIpc) is 3.40. The molecule has 8 nitrogen and oxygen atoms in total. The van der Waals surface area contributed by atoms with Crippen LogP contribution in [0.5, 0.6) is 5.88 Å². The van der Waals surface area contributed by atoms with Crippen LogP contribution < -0.4 is 4.74 Å². The normalized spacial score (nSPS) is 17.7. The highest BCUT2D eigenvalue weighted by atomic mass is 16.5. The minimum Gasteiger partial charge on any atom is -0.480 e. The molecule has 2 aromatic heterocycles. The summed E-state index contributed by atoms with van der Waals surface area (Å²) in [6.45, 7) is 8.41. The Morgan fingerprint density at radius 2 is 2.05 bits per heavy atom. The van der Waals surface area contributed by atoms with Crippen LogP contribution in [-0.2, 0) is 30.5 Å². The van der Waals surface area contributed by atoms with Crippen LogP contribution in [0.15, 0.2) is 53.8 Å². The van der Waals surface area contributed by atoms with Gasteiger partial charge in [0.05, 0.1) is 38.3 Å². The summed E-state index contributed by atoms with van der Waals surface area (Å²) in [6.07, 6.45) is 9.72. The molecule has 3 aromatic rings. The number of rotatable bonds is 9. The van der Waals surface area contributed by atoms with Gasteiger partial charge in [-0.15, -0.1) is 0 Å². The topological polar surface area (TPSA) is 89.7 Å². The van der Waals surface area contributed by atoms with Crippen LogP contribution in [0.1, 0.15) is 71.4 Å².